The molecule has 0 unspecified atom stereocenters. The van der Waals surface area contributed by atoms with E-state index in [0.717, 1.165) is 11.1 Å². The summed E-state index contributed by atoms with van der Waals surface area (Å²) in [6.45, 7) is 3.79. The fraction of sp³-hybridized carbons (Fsp3) is 0.188. The lowest BCUT2D eigenvalue weighted by atomic mass is 10.1. The molecule has 0 saturated carbocycles. The van der Waals surface area contributed by atoms with Gasteiger partial charge in [0.1, 0.15) is 5.75 Å². The van der Waals surface area contributed by atoms with Gasteiger partial charge in [0.2, 0.25) is 0 Å². The van der Waals surface area contributed by atoms with E-state index in [1.54, 1.807) is 6.07 Å². The number of nitrogens with one attached hydrogen (secondary N) is 1. The molecule has 0 aromatic heterocycles. The zero-order chi connectivity index (χ0) is 13.7. The minimum atomic E-state index is -0.432. The SMILES string of the molecule is CC(C)NC(=O)Oc1ccccc1-c1ccccc1. The van der Waals surface area contributed by atoms with E-state index in [9.17, 15) is 4.79 Å². The normalized spacial score (nSPS) is 10.3. The highest BCUT2D eigenvalue weighted by atomic mass is 16.6. The molecule has 0 aliphatic carbocycles. The summed E-state index contributed by atoms with van der Waals surface area (Å²) in [6, 6.07) is 17.4. The third-order valence-corrected chi connectivity index (χ3v) is 2.58. The van der Waals surface area contributed by atoms with Gasteiger partial charge in [0, 0.05) is 11.6 Å². The van der Waals surface area contributed by atoms with E-state index in [0.29, 0.717) is 5.75 Å². The van der Waals surface area contributed by atoms with Gasteiger partial charge in [0.15, 0.2) is 0 Å². The summed E-state index contributed by atoms with van der Waals surface area (Å²) in [5.41, 5.74) is 1.93. The van der Waals surface area contributed by atoms with Crippen molar-refractivity contribution in [1.29, 1.82) is 0 Å². The maximum absolute atomic E-state index is 11.7. The van der Waals surface area contributed by atoms with E-state index in [-0.39, 0.29) is 6.04 Å². The van der Waals surface area contributed by atoms with Crippen LogP contribution >= 0.6 is 0 Å². The molecule has 1 amide bonds. The summed E-state index contributed by atoms with van der Waals surface area (Å²) in [6.07, 6.45) is -0.432. The second kappa shape index (κ2) is 6.05. The van der Waals surface area contributed by atoms with Gasteiger partial charge in [0.25, 0.3) is 0 Å². The minimum absolute atomic E-state index is 0.0522. The maximum Gasteiger partial charge on any atom is 0.412 e. The molecule has 1 N–H and O–H groups in total. The van der Waals surface area contributed by atoms with Gasteiger partial charge >= 0.3 is 6.09 Å². The molecular formula is C16H17NO2. The first-order valence-corrected chi connectivity index (χ1v) is 6.29. The van der Waals surface area contributed by atoms with Crippen molar-refractivity contribution in [2.45, 2.75) is 19.9 Å². The number of para-hydroxylation sites is 1. The summed E-state index contributed by atoms with van der Waals surface area (Å²) in [5, 5.41) is 2.71. The predicted molar refractivity (Wildman–Crippen MR) is 76.2 cm³/mol. The smallest absolute Gasteiger partial charge is 0.410 e. The van der Waals surface area contributed by atoms with Gasteiger partial charge in [-0.15, -0.1) is 0 Å². The Bertz CT molecular complexity index is 550. The number of hydrogen-bond donors (Lipinski definition) is 1. The van der Waals surface area contributed by atoms with E-state index >= 15 is 0 Å². The lowest BCUT2D eigenvalue weighted by Crippen LogP contribution is -2.32. The second-order valence-electron chi connectivity index (χ2n) is 4.55. The number of carbonyl (C=O) groups excluding carboxylic acids is 1. The molecule has 98 valence electrons. The summed E-state index contributed by atoms with van der Waals surface area (Å²) < 4.78 is 5.36. The number of rotatable bonds is 3. The molecule has 0 aliphatic rings. The Balaban J connectivity index is 2.25. The number of ether oxygens (including phenoxy) is 1. The van der Waals surface area contributed by atoms with Crippen LogP contribution < -0.4 is 10.1 Å². The van der Waals surface area contributed by atoms with Crippen LogP contribution in [0, 0.1) is 0 Å². The number of amides is 1. The zero-order valence-corrected chi connectivity index (χ0v) is 11.1. The van der Waals surface area contributed by atoms with Gasteiger partial charge in [-0.1, -0.05) is 48.5 Å². The third kappa shape index (κ3) is 3.58. The van der Waals surface area contributed by atoms with Crippen molar-refractivity contribution >= 4 is 6.09 Å². The van der Waals surface area contributed by atoms with Gasteiger partial charge in [-0.3, -0.25) is 0 Å². The Labute approximate surface area is 113 Å². The fourth-order valence-corrected chi connectivity index (χ4v) is 1.78. The Kier molecular flexibility index (Phi) is 4.18. The molecule has 2 aromatic rings. The molecule has 0 saturated heterocycles. The van der Waals surface area contributed by atoms with Crippen LogP contribution in [0.2, 0.25) is 0 Å². The first-order chi connectivity index (χ1) is 9.16. The molecule has 0 heterocycles. The van der Waals surface area contributed by atoms with Crippen molar-refractivity contribution < 1.29 is 9.53 Å². The molecule has 0 bridgehead atoms. The van der Waals surface area contributed by atoms with Crippen molar-refractivity contribution in [3.63, 3.8) is 0 Å². The summed E-state index contributed by atoms with van der Waals surface area (Å²) in [4.78, 5) is 11.7. The van der Waals surface area contributed by atoms with Crippen LogP contribution in [0.1, 0.15) is 13.8 Å². The van der Waals surface area contributed by atoms with E-state index in [1.165, 1.54) is 0 Å². The van der Waals surface area contributed by atoms with E-state index in [4.69, 9.17) is 4.74 Å². The fourth-order valence-electron chi connectivity index (χ4n) is 1.78. The van der Waals surface area contributed by atoms with Crippen LogP contribution in [-0.4, -0.2) is 12.1 Å². The molecule has 2 rings (SSSR count). The first-order valence-electron chi connectivity index (χ1n) is 6.29. The van der Waals surface area contributed by atoms with Crippen molar-refractivity contribution in [3.05, 3.63) is 54.6 Å². The average molecular weight is 255 g/mol. The summed E-state index contributed by atoms with van der Waals surface area (Å²) in [7, 11) is 0. The van der Waals surface area contributed by atoms with Crippen LogP contribution in [0.3, 0.4) is 0 Å². The Morgan fingerprint density at radius 3 is 2.32 bits per heavy atom. The monoisotopic (exact) mass is 255 g/mol. The highest BCUT2D eigenvalue weighted by Gasteiger charge is 2.10. The molecule has 0 radical (unpaired) electrons. The van der Waals surface area contributed by atoms with Crippen molar-refractivity contribution in [2.24, 2.45) is 0 Å². The van der Waals surface area contributed by atoms with Gasteiger partial charge in [-0.2, -0.15) is 0 Å². The van der Waals surface area contributed by atoms with Crippen molar-refractivity contribution in [3.8, 4) is 16.9 Å². The van der Waals surface area contributed by atoms with Crippen LogP contribution in [0.15, 0.2) is 54.6 Å². The van der Waals surface area contributed by atoms with E-state index in [1.807, 2.05) is 62.4 Å². The van der Waals surface area contributed by atoms with Crippen molar-refractivity contribution in [1.82, 2.24) is 5.32 Å². The molecular weight excluding hydrogens is 238 g/mol. The Hall–Kier alpha value is -2.29. The van der Waals surface area contributed by atoms with Gasteiger partial charge in [-0.05, 0) is 25.5 Å². The molecule has 0 aliphatic heterocycles. The maximum atomic E-state index is 11.7. The molecule has 0 atom stereocenters. The molecule has 19 heavy (non-hydrogen) atoms. The quantitative estimate of drug-likeness (QED) is 0.904. The molecule has 3 heteroatoms. The third-order valence-electron chi connectivity index (χ3n) is 2.58. The number of hydrogen-bond acceptors (Lipinski definition) is 2. The highest BCUT2D eigenvalue weighted by Crippen LogP contribution is 2.29. The second-order valence-corrected chi connectivity index (χ2v) is 4.55. The average Bonchev–Trinajstić information content (AvgIpc) is 2.39. The van der Waals surface area contributed by atoms with Crippen LogP contribution in [-0.2, 0) is 0 Å². The molecule has 2 aromatic carbocycles. The van der Waals surface area contributed by atoms with Crippen LogP contribution in [0.4, 0.5) is 4.79 Å². The van der Waals surface area contributed by atoms with Gasteiger partial charge in [0.05, 0.1) is 0 Å². The zero-order valence-electron chi connectivity index (χ0n) is 11.1. The largest absolute Gasteiger partial charge is 0.412 e. The lowest BCUT2D eigenvalue weighted by Gasteiger charge is -2.12. The summed E-state index contributed by atoms with van der Waals surface area (Å²) in [5.74, 6) is 0.562. The van der Waals surface area contributed by atoms with Crippen LogP contribution in [0.5, 0.6) is 5.75 Å². The van der Waals surface area contributed by atoms with Crippen molar-refractivity contribution in [2.75, 3.05) is 0 Å². The van der Waals surface area contributed by atoms with Crippen LogP contribution in [0.25, 0.3) is 11.1 Å². The molecule has 3 nitrogen and oxygen atoms in total. The number of carbonyl (C=O) groups is 1. The number of benzene rings is 2. The standard InChI is InChI=1S/C16H17NO2/c1-12(2)17-16(18)19-15-11-7-6-10-14(15)13-8-4-3-5-9-13/h3-12H,1-2H3,(H,17,18). The molecule has 0 fully saturated rings. The van der Waals surface area contributed by atoms with Gasteiger partial charge < -0.3 is 10.1 Å². The Morgan fingerprint density at radius 2 is 1.63 bits per heavy atom. The van der Waals surface area contributed by atoms with Gasteiger partial charge in [-0.25, -0.2) is 4.79 Å². The minimum Gasteiger partial charge on any atom is -0.410 e. The topological polar surface area (TPSA) is 38.3 Å². The predicted octanol–water partition coefficient (Wildman–Crippen LogP) is 3.85. The Morgan fingerprint density at radius 1 is 1.00 bits per heavy atom. The van der Waals surface area contributed by atoms with E-state index in [2.05, 4.69) is 5.32 Å². The highest BCUT2D eigenvalue weighted by molar-refractivity contribution is 5.77. The lowest BCUT2D eigenvalue weighted by molar-refractivity contribution is 0.198. The summed E-state index contributed by atoms with van der Waals surface area (Å²) >= 11 is 0. The van der Waals surface area contributed by atoms with E-state index < -0.39 is 6.09 Å². The molecule has 0 spiro atoms. The first kappa shape index (κ1) is 13.1.